The predicted octanol–water partition coefficient (Wildman–Crippen LogP) is 1.92. The van der Waals surface area contributed by atoms with Gasteiger partial charge in [0.2, 0.25) is 15.9 Å². The third kappa shape index (κ3) is 4.55. The first-order valence-corrected chi connectivity index (χ1v) is 9.69. The largest absolute Gasteiger partial charge is 0.325 e. The average Bonchev–Trinajstić information content (AvgIpc) is 2.51. The number of aryl methyl sites for hydroxylation is 1. The molecule has 0 unspecified atom stereocenters. The van der Waals surface area contributed by atoms with Crippen LogP contribution in [0, 0.1) is 12.8 Å². The van der Waals surface area contributed by atoms with E-state index in [0.717, 1.165) is 31.8 Å². The standard InChI is InChI=1S/C17H27N3O3S/c1-13-7-9-20(10-8-13)12-17(21)18-15-6-5-14(2)16(11-15)24(22,23)19(3)4/h5-6,11,13H,7-10,12H2,1-4H3,(H,18,21). The average molecular weight is 353 g/mol. The third-order valence-electron chi connectivity index (χ3n) is 4.47. The predicted molar refractivity (Wildman–Crippen MR) is 95.5 cm³/mol. The molecular weight excluding hydrogens is 326 g/mol. The topological polar surface area (TPSA) is 69.7 Å². The lowest BCUT2D eigenvalue weighted by Gasteiger charge is -2.29. The molecule has 1 aliphatic rings. The first-order chi connectivity index (χ1) is 11.2. The van der Waals surface area contributed by atoms with Crippen LogP contribution in [0.2, 0.25) is 0 Å². The lowest BCUT2D eigenvalue weighted by Crippen LogP contribution is -2.38. The van der Waals surface area contributed by atoms with Crippen LogP contribution in [-0.2, 0) is 14.8 Å². The molecule has 1 aliphatic heterocycles. The highest BCUT2D eigenvalue weighted by molar-refractivity contribution is 7.89. The van der Waals surface area contributed by atoms with Crippen LogP contribution in [0.1, 0.15) is 25.3 Å². The van der Waals surface area contributed by atoms with E-state index in [-0.39, 0.29) is 10.8 Å². The summed E-state index contributed by atoms with van der Waals surface area (Å²) in [5.74, 6) is 0.613. The SMILES string of the molecule is Cc1ccc(NC(=O)CN2CCC(C)CC2)cc1S(=O)(=O)N(C)C. The maximum atomic E-state index is 12.3. The number of piperidine rings is 1. The van der Waals surface area contributed by atoms with Crippen LogP contribution in [0.25, 0.3) is 0 Å². The molecule has 1 amide bonds. The summed E-state index contributed by atoms with van der Waals surface area (Å²) in [6, 6.07) is 4.98. The van der Waals surface area contributed by atoms with Gasteiger partial charge in [-0.15, -0.1) is 0 Å². The van der Waals surface area contributed by atoms with E-state index < -0.39 is 10.0 Å². The van der Waals surface area contributed by atoms with Crippen molar-refractivity contribution in [3.8, 4) is 0 Å². The van der Waals surface area contributed by atoms with Crippen LogP contribution < -0.4 is 5.32 Å². The number of carbonyl (C=O) groups excluding carboxylic acids is 1. The number of rotatable bonds is 5. The van der Waals surface area contributed by atoms with Gasteiger partial charge in [-0.1, -0.05) is 13.0 Å². The molecule has 0 spiro atoms. The van der Waals surface area contributed by atoms with E-state index in [9.17, 15) is 13.2 Å². The molecule has 0 atom stereocenters. The summed E-state index contributed by atoms with van der Waals surface area (Å²) in [4.78, 5) is 14.6. The molecule has 0 saturated carbocycles. The van der Waals surface area contributed by atoms with Crippen molar-refractivity contribution in [2.75, 3.05) is 39.0 Å². The highest BCUT2D eigenvalue weighted by Gasteiger charge is 2.21. The van der Waals surface area contributed by atoms with Gasteiger partial charge < -0.3 is 5.32 Å². The molecule has 1 aromatic rings. The van der Waals surface area contributed by atoms with Gasteiger partial charge in [-0.25, -0.2) is 12.7 Å². The number of carbonyl (C=O) groups is 1. The van der Waals surface area contributed by atoms with Crippen molar-refractivity contribution in [1.29, 1.82) is 0 Å². The summed E-state index contributed by atoms with van der Waals surface area (Å²) in [5.41, 5.74) is 1.17. The van der Waals surface area contributed by atoms with Gasteiger partial charge in [-0.05, 0) is 56.5 Å². The molecule has 0 bridgehead atoms. The lowest BCUT2D eigenvalue weighted by molar-refractivity contribution is -0.117. The second-order valence-electron chi connectivity index (χ2n) is 6.77. The Kier molecular flexibility index (Phi) is 6.01. The summed E-state index contributed by atoms with van der Waals surface area (Å²) in [7, 11) is -0.533. The van der Waals surface area contributed by atoms with Crippen LogP contribution in [-0.4, -0.2) is 57.3 Å². The van der Waals surface area contributed by atoms with Gasteiger partial charge in [0, 0.05) is 19.8 Å². The maximum Gasteiger partial charge on any atom is 0.242 e. The van der Waals surface area contributed by atoms with Crippen LogP contribution >= 0.6 is 0 Å². The molecule has 24 heavy (non-hydrogen) atoms. The Balaban J connectivity index is 2.06. The van der Waals surface area contributed by atoms with E-state index in [4.69, 9.17) is 0 Å². The Hall–Kier alpha value is -1.44. The van der Waals surface area contributed by atoms with Crippen LogP contribution in [0.5, 0.6) is 0 Å². The van der Waals surface area contributed by atoms with E-state index in [0.29, 0.717) is 17.8 Å². The molecule has 1 heterocycles. The van der Waals surface area contributed by atoms with E-state index in [1.807, 2.05) is 0 Å². The van der Waals surface area contributed by atoms with Gasteiger partial charge in [-0.3, -0.25) is 9.69 Å². The highest BCUT2D eigenvalue weighted by Crippen LogP contribution is 2.22. The fourth-order valence-corrected chi connectivity index (χ4v) is 3.92. The van der Waals surface area contributed by atoms with Crippen molar-refractivity contribution in [2.45, 2.75) is 31.6 Å². The molecule has 1 aromatic carbocycles. The molecule has 0 aromatic heterocycles. The van der Waals surface area contributed by atoms with Crippen molar-refractivity contribution in [3.63, 3.8) is 0 Å². The van der Waals surface area contributed by atoms with Crippen LogP contribution in [0.3, 0.4) is 0 Å². The number of nitrogens with one attached hydrogen (secondary N) is 1. The Labute approximate surface area is 144 Å². The number of hydrogen-bond acceptors (Lipinski definition) is 4. The molecule has 0 radical (unpaired) electrons. The number of likely N-dealkylation sites (tertiary alicyclic amines) is 1. The first kappa shape index (κ1) is 18.9. The number of anilines is 1. The number of hydrogen-bond donors (Lipinski definition) is 1. The summed E-state index contributed by atoms with van der Waals surface area (Å²) in [6.07, 6.45) is 2.23. The van der Waals surface area contributed by atoms with Crippen molar-refractivity contribution in [3.05, 3.63) is 23.8 Å². The summed E-state index contributed by atoms with van der Waals surface area (Å²) >= 11 is 0. The smallest absolute Gasteiger partial charge is 0.242 e. The minimum Gasteiger partial charge on any atom is -0.325 e. The zero-order valence-corrected chi connectivity index (χ0v) is 15.7. The van der Waals surface area contributed by atoms with Gasteiger partial charge in [0.25, 0.3) is 0 Å². The zero-order chi connectivity index (χ0) is 17.9. The van der Waals surface area contributed by atoms with E-state index in [1.165, 1.54) is 24.5 Å². The normalized spacial score (nSPS) is 17.2. The molecule has 1 N–H and O–H groups in total. The third-order valence-corrected chi connectivity index (χ3v) is 6.43. The summed E-state index contributed by atoms with van der Waals surface area (Å²) in [5, 5.41) is 2.82. The van der Waals surface area contributed by atoms with Crippen LogP contribution in [0.15, 0.2) is 23.1 Å². The second kappa shape index (κ2) is 7.63. The Morgan fingerprint density at radius 1 is 1.29 bits per heavy atom. The fourth-order valence-electron chi connectivity index (χ4n) is 2.78. The second-order valence-corrected chi connectivity index (χ2v) is 8.89. The number of benzene rings is 1. The van der Waals surface area contributed by atoms with Crippen molar-refractivity contribution < 1.29 is 13.2 Å². The molecular formula is C17H27N3O3S. The molecule has 0 aliphatic carbocycles. The number of nitrogens with zero attached hydrogens (tertiary/aromatic N) is 2. The summed E-state index contributed by atoms with van der Waals surface area (Å²) in [6.45, 7) is 6.19. The Morgan fingerprint density at radius 2 is 1.92 bits per heavy atom. The van der Waals surface area contributed by atoms with Gasteiger partial charge in [-0.2, -0.15) is 0 Å². The highest BCUT2D eigenvalue weighted by atomic mass is 32.2. The minimum atomic E-state index is -3.53. The zero-order valence-electron chi connectivity index (χ0n) is 14.9. The monoisotopic (exact) mass is 353 g/mol. The minimum absolute atomic E-state index is 0.110. The number of sulfonamides is 1. The van der Waals surface area contributed by atoms with E-state index >= 15 is 0 Å². The van der Waals surface area contributed by atoms with E-state index in [1.54, 1.807) is 19.1 Å². The molecule has 6 nitrogen and oxygen atoms in total. The van der Waals surface area contributed by atoms with Gasteiger partial charge >= 0.3 is 0 Å². The fraction of sp³-hybridized carbons (Fsp3) is 0.588. The first-order valence-electron chi connectivity index (χ1n) is 8.25. The Morgan fingerprint density at radius 3 is 2.50 bits per heavy atom. The molecule has 134 valence electrons. The van der Waals surface area contributed by atoms with E-state index in [2.05, 4.69) is 17.1 Å². The molecule has 1 saturated heterocycles. The number of amides is 1. The molecule has 1 fully saturated rings. The van der Waals surface area contributed by atoms with Crippen molar-refractivity contribution in [2.24, 2.45) is 5.92 Å². The molecule has 7 heteroatoms. The quantitative estimate of drug-likeness (QED) is 0.878. The molecule has 2 rings (SSSR count). The van der Waals surface area contributed by atoms with Crippen LogP contribution in [0.4, 0.5) is 5.69 Å². The van der Waals surface area contributed by atoms with Crippen molar-refractivity contribution in [1.82, 2.24) is 9.21 Å². The van der Waals surface area contributed by atoms with Gasteiger partial charge in [0.15, 0.2) is 0 Å². The Bertz CT molecular complexity index is 693. The van der Waals surface area contributed by atoms with Gasteiger partial charge in [0.1, 0.15) is 0 Å². The van der Waals surface area contributed by atoms with Gasteiger partial charge in [0.05, 0.1) is 11.4 Å². The lowest BCUT2D eigenvalue weighted by atomic mass is 9.99. The van der Waals surface area contributed by atoms with Crippen molar-refractivity contribution >= 4 is 21.6 Å². The maximum absolute atomic E-state index is 12.3. The summed E-state index contributed by atoms with van der Waals surface area (Å²) < 4.78 is 25.9.